The van der Waals surface area contributed by atoms with Crippen LogP contribution in [0.15, 0.2) is 24.9 Å². The molecule has 1 aromatic rings. The lowest BCUT2D eigenvalue weighted by molar-refractivity contribution is 0.399. The highest BCUT2D eigenvalue weighted by Gasteiger charge is 2.11. The maximum Gasteiger partial charge on any atom is 0.0478 e. The van der Waals surface area contributed by atoms with Crippen LogP contribution in [0.3, 0.4) is 0 Å². The van der Waals surface area contributed by atoms with E-state index in [4.69, 9.17) is 5.11 Å². The monoisotopic (exact) mass is 177 g/mol. The number of nitrogens with zero attached hydrogens (tertiary/aromatic N) is 1. The van der Waals surface area contributed by atoms with Crippen LogP contribution >= 0.6 is 0 Å². The number of hydrogen-bond acceptors (Lipinski definition) is 2. The Morgan fingerprint density at radius 3 is 2.85 bits per heavy atom. The van der Waals surface area contributed by atoms with Gasteiger partial charge < -0.3 is 5.11 Å². The molecule has 0 aliphatic heterocycles. The summed E-state index contributed by atoms with van der Waals surface area (Å²) in [6.45, 7) is 4.02. The summed E-state index contributed by atoms with van der Waals surface area (Å²) >= 11 is 0. The van der Waals surface area contributed by atoms with Gasteiger partial charge in [-0.05, 0) is 36.5 Å². The van der Waals surface area contributed by atoms with Crippen LogP contribution in [-0.4, -0.2) is 17.2 Å². The van der Waals surface area contributed by atoms with Crippen LogP contribution in [0.2, 0.25) is 0 Å². The number of aliphatic hydroxyl groups excluding tert-OH is 1. The first-order valence-electron chi connectivity index (χ1n) is 4.45. The molecule has 0 spiro atoms. The molecule has 0 saturated carbocycles. The molecule has 1 N–H and O–H groups in total. The van der Waals surface area contributed by atoms with Gasteiger partial charge in [0.05, 0.1) is 0 Å². The molecule has 0 unspecified atom stereocenters. The summed E-state index contributed by atoms with van der Waals surface area (Å²) in [4.78, 5) is 4.31. The predicted molar refractivity (Wildman–Crippen MR) is 54.4 cm³/mol. The lowest BCUT2D eigenvalue weighted by Gasteiger charge is -2.15. The first-order chi connectivity index (χ1) is 6.38. The molecule has 2 nitrogen and oxygen atoms in total. The number of allylic oxidation sites excluding steroid dienone is 1. The number of pyridine rings is 1. The minimum absolute atomic E-state index is 1.00. The van der Waals surface area contributed by atoms with E-state index < -0.39 is 0 Å². The van der Waals surface area contributed by atoms with Gasteiger partial charge in [-0.15, -0.1) is 0 Å². The maximum absolute atomic E-state index is 7.00. The standard InChI is InChI=1S/C10H11N.CH4O/c1-8-4-2-6-10-9(8)5-3-7-11-10;1-2/h3,5,7H,1-2,4,6H2;2H,1H3. The molecule has 1 heterocycles. The Morgan fingerprint density at radius 1 is 1.38 bits per heavy atom. The molecule has 0 amide bonds. The molecule has 0 radical (unpaired) electrons. The summed E-state index contributed by atoms with van der Waals surface area (Å²) in [6.07, 6.45) is 5.33. The first-order valence-corrected chi connectivity index (χ1v) is 4.45. The highest BCUT2D eigenvalue weighted by molar-refractivity contribution is 5.66. The Kier molecular flexibility index (Phi) is 3.65. The summed E-state index contributed by atoms with van der Waals surface area (Å²) in [5.74, 6) is 0. The molecule has 13 heavy (non-hydrogen) atoms. The fourth-order valence-electron chi connectivity index (χ4n) is 1.56. The fraction of sp³-hybridized carbons (Fsp3) is 0.364. The molecule has 0 fully saturated rings. The Hall–Kier alpha value is -1.15. The van der Waals surface area contributed by atoms with Crippen LogP contribution in [0.4, 0.5) is 0 Å². The molecule has 0 aromatic carbocycles. The Morgan fingerprint density at radius 2 is 2.15 bits per heavy atom. The number of aromatic nitrogens is 1. The number of fused-ring (bicyclic) bond motifs is 1. The van der Waals surface area contributed by atoms with Gasteiger partial charge >= 0.3 is 0 Å². The molecule has 70 valence electrons. The van der Waals surface area contributed by atoms with Crippen molar-refractivity contribution in [3.63, 3.8) is 0 Å². The van der Waals surface area contributed by atoms with Crippen molar-refractivity contribution < 1.29 is 5.11 Å². The van der Waals surface area contributed by atoms with Crippen LogP contribution in [0, 0.1) is 0 Å². The lowest BCUT2D eigenvalue weighted by atomic mass is 9.92. The van der Waals surface area contributed by atoms with Crippen LogP contribution in [-0.2, 0) is 6.42 Å². The van der Waals surface area contributed by atoms with Gasteiger partial charge in [-0.1, -0.05) is 12.6 Å². The summed E-state index contributed by atoms with van der Waals surface area (Å²) in [5, 5.41) is 7.00. The third kappa shape index (κ3) is 2.16. The van der Waals surface area contributed by atoms with Crippen LogP contribution < -0.4 is 0 Å². The van der Waals surface area contributed by atoms with E-state index in [0.717, 1.165) is 20.0 Å². The van der Waals surface area contributed by atoms with Crippen molar-refractivity contribution >= 4 is 5.57 Å². The highest BCUT2D eigenvalue weighted by atomic mass is 16.2. The van der Waals surface area contributed by atoms with E-state index in [-0.39, 0.29) is 0 Å². The third-order valence-electron chi connectivity index (χ3n) is 2.16. The second-order valence-corrected chi connectivity index (χ2v) is 2.95. The average molecular weight is 177 g/mol. The summed E-state index contributed by atoms with van der Waals surface area (Å²) < 4.78 is 0. The smallest absolute Gasteiger partial charge is 0.0478 e. The molecule has 2 rings (SSSR count). The molecule has 0 atom stereocenters. The van der Waals surface area contributed by atoms with E-state index in [1.807, 2.05) is 12.3 Å². The van der Waals surface area contributed by atoms with Gasteiger partial charge in [-0.3, -0.25) is 4.98 Å². The summed E-state index contributed by atoms with van der Waals surface area (Å²) in [7, 11) is 1.00. The number of hydrogen-bond donors (Lipinski definition) is 1. The Balaban J connectivity index is 0.000000396. The van der Waals surface area contributed by atoms with E-state index in [1.54, 1.807) is 0 Å². The van der Waals surface area contributed by atoms with E-state index in [2.05, 4.69) is 17.6 Å². The lowest BCUT2D eigenvalue weighted by Crippen LogP contribution is -2.02. The second kappa shape index (κ2) is 4.77. The number of aryl methyl sites for hydroxylation is 1. The average Bonchev–Trinajstić information content (AvgIpc) is 2.22. The molecule has 1 aliphatic rings. The van der Waals surface area contributed by atoms with Gasteiger partial charge in [0, 0.05) is 19.0 Å². The van der Waals surface area contributed by atoms with Crippen LogP contribution in [0.5, 0.6) is 0 Å². The Bertz CT molecular complexity index is 294. The van der Waals surface area contributed by atoms with Gasteiger partial charge in [0.1, 0.15) is 0 Å². The molecule has 1 aliphatic carbocycles. The van der Waals surface area contributed by atoms with Gasteiger partial charge in [-0.25, -0.2) is 0 Å². The molecule has 2 heteroatoms. The summed E-state index contributed by atoms with van der Waals surface area (Å²) in [5.41, 5.74) is 3.75. The molecule has 0 bridgehead atoms. The molecule has 0 saturated heterocycles. The highest BCUT2D eigenvalue weighted by Crippen LogP contribution is 2.26. The van der Waals surface area contributed by atoms with Crippen molar-refractivity contribution in [2.45, 2.75) is 19.3 Å². The van der Waals surface area contributed by atoms with Gasteiger partial charge in [0.15, 0.2) is 0 Å². The van der Waals surface area contributed by atoms with Crippen LogP contribution in [0.1, 0.15) is 24.1 Å². The van der Waals surface area contributed by atoms with Crippen molar-refractivity contribution in [2.24, 2.45) is 0 Å². The third-order valence-corrected chi connectivity index (χ3v) is 2.16. The SMILES string of the molecule is C=C1CCCc2ncccc21.CO. The quantitative estimate of drug-likeness (QED) is 0.657. The maximum atomic E-state index is 7.00. The van der Waals surface area contributed by atoms with Crippen molar-refractivity contribution in [3.05, 3.63) is 36.2 Å². The van der Waals surface area contributed by atoms with Crippen molar-refractivity contribution in [1.82, 2.24) is 4.98 Å². The summed E-state index contributed by atoms with van der Waals surface area (Å²) in [6, 6.07) is 4.10. The van der Waals surface area contributed by atoms with Crippen LogP contribution in [0.25, 0.3) is 5.57 Å². The molecular weight excluding hydrogens is 162 g/mol. The van der Waals surface area contributed by atoms with Gasteiger partial charge in [0.2, 0.25) is 0 Å². The van der Waals surface area contributed by atoms with E-state index in [0.29, 0.717) is 0 Å². The second-order valence-electron chi connectivity index (χ2n) is 2.95. The van der Waals surface area contributed by atoms with Gasteiger partial charge in [-0.2, -0.15) is 0 Å². The van der Waals surface area contributed by atoms with Crippen molar-refractivity contribution in [3.8, 4) is 0 Å². The zero-order valence-corrected chi connectivity index (χ0v) is 7.95. The van der Waals surface area contributed by atoms with E-state index >= 15 is 0 Å². The van der Waals surface area contributed by atoms with Gasteiger partial charge in [0.25, 0.3) is 0 Å². The fourth-order valence-corrected chi connectivity index (χ4v) is 1.56. The van der Waals surface area contributed by atoms with E-state index in [9.17, 15) is 0 Å². The molecule has 1 aromatic heterocycles. The van der Waals surface area contributed by atoms with Crippen molar-refractivity contribution in [1.29, 1.82) is 0 Å². The predicted octanol–water partition coefficient (Wildman–Crippen LogP) is 2.04. The molecular formula is C11H15NO. The topological polar surface area (TPSA) is 33.1 Å². The van der Waals surface area contributed by atoms with E-state index in [1.165, 1.54) is 23.3 Å². The Labute approximate surface area is 78.9 Å². The minimum atomic E-state index is 1.00. The van der Waals surface area contributed by atoms with Crippen molar-refractivity contribution in [2.75, 3.05) is 7.11 Å². The normalized spacial score (nSPS) is 14.2. The number of rotatable bonds is 0. The number of aliphatic hydroxyl groups is 1. The largest absolute Gasteiger partial charge is 0.400 e. The first kappa shape index (κ1) is 9.93. The zero-order valence-electron chi connectivity index (χ0n) is 7.95. The zero-order chi connectivity index (χ0) is 9.68. The minimum Gasteiger partial charge on any atom is -0.400 e.